The maximum atomic E-state index is 12.8. The summed E-state index contributed by atoms with van der Waals surface area (Å²) in [5.41, 5.74) is -1.15. The van der Waals surface area contributed by atoms with Gasteiger partial charge in [-0.05, 0) is 36.4 Å². The van der Waals surface area contributed by atoms with Crippen molar-refractivity contribution in [1.29, 1.82) is 0 Å². The first-order valence-corrected chi connectivity index (χ1v) is 7.71. The van der Waals surface area contributed by atoms with Crippen LogP contribution in [0, 0.1) is 0 Å². The highest BCUT2D eigenvalue weighted by Gasteiger charge is 2.30. The zero-order valence-corrected chi connectivity index (χ0v) is 14.7. The van der Waals surface area contributed by atoms with Gasteiger partial charge in [0.05, 0.1) is 36.6 Å². The lowest BCUT2D eigenvalue weighted by atomic mass is 10.1. The van der Waals surface area contributed by atoms with Gasteiger partial charge in [-0.3, -0.25) is 0 Å². The minimum Gasteiger partial charge on any atom is -0.465 e. The summed E-state index contributed by atoms with van der Waals surface area (Å²) in [6, 6.07) is 6.82. The molecular formula is C18H15F3N2O5. The first-order valence-electron chi connectivity index (χ1n) is 7.71. The third-order valence-corrected chi connectivity index (χ3v) is 3.54. The molecule has 0 aliphatic carbocycles. The summed E-state index contributed by atoms with van der Waals surface area (Å²) in [5.74, 6) is -1.50. The Morgan fingerprint density at radius 3 is 2.18 bits per heavy atom. The first kappa shape index (κ1) is 20.7. The van der Waals surface area contributed by atoms with Crippen molar-refractivity contribution < 1.29 is 37.0 Å². The van der Waals surface area contributed by atoms with Crippen LogP contribution in [0.5, 0.6) is 0 Å². The van der Waals surface area contributed by atoms with E-state index in [1.165, 1.54) is 24.3 Å². The Balaban J connectivity index is 2.27. The van der Waals surface area contributed by atoms with Crippen molar-refractivity contribution in [2.24, 2.45) is 0 Å². The molecule has 0 spiro atoms. The molecule has 2 amide bonds. The highest BCUT2D eigenvalue weighted by Crippen LogP contribution is 2.30. The average Bonchev–Trinajstić information content (AvgIpc) is 2.66. The highest BCUT2D eigenvalue weighted by molar-refractivity contribution is 6.06. The van der Waals surface area contributed by atoms with Crippen LogP contribution in [0.25, 0.3) is 0 Å². The van der Waals surface area contributed by atoms with Crippen molar-refractivity contribution in [1.82, 2.24) is 0 Å². The fourth-order valence-electron chi connectivity index (χ4n) is 2.24. The van der Waals surface area contributed by atoms with E-state index in [1.807, 2.05) is 0 Å². The summed E-state index contributed by atoms with van der Waals surface area (Å²) in [5, 5.41) is 4.54. The molecule has 0 unspecified atom stereocenters. The second-order valence-corrected chi connectivity index (χ2v) is 5.40. The molecule has 7 nitrogen and oxygen atoms in total. The fourth-order valence-corrected chi connectivity index (χ4v) is 2.24. The lowest BCUT2D eigenvalue weighted by molar-refractivity contribution is -0.137. The standard InChI is InChI=1S/C18H15F3N2O5/c1-27-15(24)10-6-7-13(16(25)28-2)14(8-10)23-17(26)22-12-5-3-4-11(9-12)18(19,20)21/h3-9H,1-2H3,(H2,22,23,26). The molecule has 148 valence electrons. The molecule has 0 saturated heterocycles. The molecule has 28 heavy (non-hydrogen) atoms. The number of anilines is 2. The number of rotatable bonds is 4. The van der Waals surface area contributed by atoms with Crippen LogP contribution in [0.1, 0.15) is 26.3 Å². The van der Waals surface area contributed by atoms with E-state index >= 15 is 0 Å². The SMILES string of the molecule is COC(=O)c1ccc(C(=O)OC)c(NC(=O)Nc2cccc(C(F)(F)F)c2)c1. The van der Waals surface area contributed by atoms with E-state index in [0.29, 0.717) is 0 Å². The number of benzene rings is 2. The molecule has 0 aromatic heterocycles. The Morgan fingerprint density at radius 2 is 1.57 bits per heavy atom. The van der Waals surface area contributed by atoms with Gasteiger partial charge in [-0.25, -0.2) is 14.4 Å². The smallest absolute Gasteiger partial charge is 0.416 e. The van der Waals surface area contributed by atoms with Gasteiger partial charge in [0.25, 0.3) is 0 Å². The number of carbonyl (C=O) groups excluding carboxylic acids is 3. The number of esters is 2. The second-order valence-electron chi connectivity index (χ2n) is 5.40. The molecule has 0 radical (unpaired) electrons. The van der Waals surface area contributed by atoms with Crippen LogP contribution < -0.4 is 10.6 Å². The molecule has 0 heterocycles. The molecule has 10 heteroatoms. The number of urea groups is 1. The lowest BCUT2D eigenvalue weighted by Gasteiger charge is -2.13. The van der Waals surface area contributed by atoms with Gasteiger partial charge in [0.1, 0.15) is 0 Å². The van der Waals surface area contributed by atoms with Gasteiger partial charge in [0.2, 0.25) is 0 Å². The fraction of sp³-hybridized carbons (Fsp3) is 0.167. The third-order valence-electron chi connectivity index (χ3n) is 3.54. The van der Waals surface area contributed by atoms with E-state index in [9.17, 15) is 27.6 Å². The van der Waals surface area contributed by atoms with Crippen molar-refractivity contribution in [3.05, 3.63) is 59.2 Å². The minimum absolute atomic E-state index is 0.0459. The quantitative estimate of drug-likeness (QED) is 0.764. The molecule has 0 bridgehead atoms. The van der Waals surface area contributed by atoms with Gasteiger partial charge in [0.15, 0.2) is 0 Å². The molecule has 0 aliphatic heterocycles. The zero-order chi connectivity index (χ0) is 20.9. The molecule has 0 fully saturated rings. The number of hydrogen-bond donors (Lipinski definition) is 2. The maximum absolute atomic E-state index is 12.8. The van der Waals surface area contributed by atoms with Crippen LogP contribution in [-0.4, -0.2) is 32.2 Å². The Bertz CT molecular complexity index is 912. The van der Waals surface area contributed by atoms with E-state index in [0.717, 1.165) is 32.4 Å². The van der Waals surface area contributed by atoms with Gasteiger partial charge in [-0.1, -0.05) is 6.07 Å². The summed E-state index contributed by atoms with van der Waals surface area (Å²) < 4.78 is 47.5. The van der Waals surface area contributed by atoms with Crippen molar-refractivity contribution in [2.45, 2.75) is 6.18 Å². The van der Waals surface area contributed by atoms with Crippen molar-refractivity contribution in [3.8, 4) is 0 Å². The predicted octanol–water partition coefficient (Wildman–Crippen LogP) is 3.92. The average molecular weight is 396 g/mol. The highest BCUT2D eigenvalue weighted by atomic mass is 19.4. The number of hydrogen-bond acceptors (Lipinski definition) is 5. The van der Waals surface area contributed by atoms with Crippen LogP contribution in [0.15, 0.2) is 42.5 Å². The maximum Gasteiger partial charge on any atom is 0.416 e. The number of alkyl halides is 3. The Hall–Kier alpha value is -3.56. The summed E-state index contributed by atoms with van der Waals surface area (Å²) in [4.78, 5) is 35.7. The Morgan fingerprint density at radius 1 is 0.893 bits per heavy atom. The summed E-state index contributed by atoms with van der Waals surface area (Å²) in [6.45, 7) is 0. The topological polar surface area (TPSA) is 93.7 Å². The summed E-state index contributed by atoms with van der Waals surface area (Å²) in [7, 11) is 2.28. The monoisotopic (exact) mass is 396 g/mol. The minimum atomic E-state index is -4.57. The van der Waals surface area contributed by atoms with Crippen molar-refractivity contribution >= 4 is 29.3 Å². The number of nitrogens with one attached hydrogen (secondary N) is 2. The summed E-state index contributed by atoms with van der Waals surface area (Å²) >= 11 is 0. The van der Waals surface area contributed by atoms with Crippen LogP contribution in [0.3, 0.4) is 0 Å². The Labute approximate surface area is 157 Å². The van der Waals surface area contributed by atoms with Crippen LogP contribution in [-0.2, 0) is 15.7 Å². The normalized spacial score (nSPS) is 10.8. The number of ether oxygens (including phenoxy) is 2. The zero-order valence-electron chi connectivity index (χ0n) is 14.7. The predicted molar refractivity (Wildman–Crippen MR) is 93.2 cm³/mol. The van der Waals surface area contributed by atoms with E-state index in [-0.39, 0.29) is 22.5 Å². The molecule has 2 aromatic rings. The molecule has 2 N–H and O–H groups in total. The van der Waals surface area contributed by atoms with E-state index in [2.05, 4.69) is 20.1 Å². The molecule has 0 saturated carbocycles. The van der Waals surface area contributed by atoms with E-state index < -0.39 is 29.7 Å². The molecular weight excluding hydrogens is 381 g/mol. The van der Waals surface area contributed by atoms with Crippen molar-refractivity contribution in [3.63, 3.8) is 0 Å². The molecule has 2 aromatic carbocycles. The Kier molecular flexibility index (Phi) is 6.24. The van der Waals surface area contributed by atoms with Crippen LogP contribution >= 0.6 is 0 Å². The largest absolute Gasteiger partial charge is 0.465 e. The molecule has 0 aliphatic rings. The first-order chi connectivity index (χ1) is 13.2. The van der Waals surface area contributed by atoms with E-state index in [1.54, 1.807) is 0 Å². The second kappa shape index (κ2) is 8.42. The number of amides is 2. The number of methoxy groups -OCH3 is 2. The number of halogens is 3. The number of carbonyl (C=O) groups is 3. The molecule has 0 atom stereocenters. The van der Waals surface area contributed by atoms with Crippen LogP contribution in [0.2, 0.25) is 0 Å². The third kappa shape index (κ3) is 5.00. The van der Waals surface area contributed by atoms with Gasteiger partial charge < -0.3 is 20.1 Å². The van der Waals surface area contributed by atoms with Crippen LogP contribution in [0.4, 0.5) is 29.3 Å². The van der Waals surface area contributed by atoms with Gasteiger partial charge in [0, 0.05) is 5.69 Å². The van der Waals surface area contributed by atoms with Gasteiger partial charge in [-0.15, -0.1) is 0 Å². The lowest BCUT2D eigenvalue weighted by Crippen LogP contribution is -2.22. The van der Waals surface area contributed by atoms with Gasteiger partial charge in [-0.2, -0.15) is 13.2 Å². The van der Waals surface area contributed by atoms with Crippen molar-refractivity contribution in [2.75, 3.05) is 24.9 Å². The summed E-state index contributed by atoms with van der Waals surface area (Å²) in [6.07, 6.45) is -4.57. The molecule has 2 rings (SSSR count). The van der Waals surface area contributed by atoms with Gasteiger partial charge >= 0.3 is 24.1 Å². The van der Waals surface area contributed by atoms with E-state index in [4.69, 9.17) is 0 Å².